The van der Waals surface area contributed by atoms with Crippen LogP contribution in [0.4, 0.5) is 0 Å². The smallest absolute Gasteiger partial charge is 0.249 e. The number of carbonyl (C=O) groups excluding carboxylic acids is 2. The van der Waals surface area contributed by atoms with Crippen LogP contribution in [-0.4, -0.2) is 18.0 Å². The molecule has 5 heteroatoms. The highest BCUT2D eigenvalue weighted by atomic mass is 16.1. The lowest BCUT2D eigenvalue weighted by Gasteiger charge is -2.02. The normalized spacial score (nSPS) is 10.9. The SMILES string of the molecule is N/N=C/NC(=O)C=Cc1cccc(C(=O)c2ccccc2)c1. The van der Waals surface area contributed by atoms with Crippen molar-refractivity contribution < 1.29 is 9.59 Å². The van der Waals surface area contributed by atoms with Gasteiger partial charge in [0.2, 0.25) is 5.91 Å². The van der Waals surface area contributed by atoms with Crippen LogP contribution in [0, 0.1) is 0 Å². The van der Waals surface area contributed by atoms with Gasteiger partial charge in [0.05, 0.1) is 0 Å². The molecule has 3 N–H and O–H groups in total. The lowest BCUT2D eigenvalue weighted by molar-refractivity contribution is -0.115. The molecule has 2 aromatic rings. The van der Waals surface area contributed by atoms with Crippen LogP contribution in [0.1, 0.15) is 21.5 Å². The molecule has 2 rings (SSSR count). The fraction of sp³-hybridized carbons (Fsp3) is 0. The second-order valence-electron chi connectivity index (χ2n) is 4.44. The molecule has 22 heavy (non-hydrogen) atoms. The molecule has 0 saturated carbocycles. The molecule has 0 unspecified atom stereocenters. The topological polar surface area (TPSA) is 84.5 Å². The first-order valence-corrected chi connectivity index (χ1v) is 6.61. The van der Waals surface area contributed by atoms with Crippen molar-refractivity contribution in [2.75, 3.05) is 0 Å². The molecule has 1 amide bonds. The Morgan fingerprint density at radius 1 is 1.00 bits per heavy atom. The molecule has 0 aliphatic rings. The number of amides is 1. The molecule has 110 valence electrons. The number of nitrogens with one attached hydrogen (secondary N) is 1. The summed E-state index contributed by atoms with van der Waals surface area (Å²) in [6.07, 6.45) is 4.05. The standard InChI is InChI=1S/C17H15N3O2/c18-20-12-19-16(21)10-9-13-5-4-8-15(11-13)17(22)14-6-2-1-3-7-14/h1-12H,18H2,(H,19,20,21). The summed E-state index contributed by atoms with van der Waals surface area (Å²) in [6.45, 7) is 0. The molecule has 2 aromatic carbocycles. The Balaban J connectivity index is 2.15. The van der Waals surface area contributed by atoms with Crippen LogP contribution in [0.2, 0.25) is 0 Å². The Kier molecular flexibility index (Phi) is 5.20. The number of hydrogen-bond donors (Lipinski definition) is 2. The average Bonchev–Trinajstić information content (AvgIpc) is 2.58. The van der Waals surface area contributed by atoms with E-state index in [-0.39, 0.29) is 11.7 Å². The van der Waals surface area contributed by atoms with Gasteiger partial charge >= 0.3 is 0 Å². The predicted molar refractivity (Wildman–Crippen MR) is 86.2 cm³/mol. The molecule has 0 spiro atoms. The van der Waals surface area contributed by atoms with Gasteiger partial charge in [-0.2, -0.15) is 5.10 Å². The van der Waals surface area contributed by atoms with Crippen LogP contribution >= 0.6 is 0 Å². The van der Waals surface area contributed by atoms with Crippen molar-refractivity contribution in [3.8, 4) is 0 Å². The van der Waals surface area contributed by atoms with E-state index in [0.29, 0.717) is 11.1 Å². The number of carbonyl (C=O) groups is 2. The zero-order valence-electron chi connectivity index (χ0n) is 11.8. The summed E-state index contributed by atoms with van der Waals surface area (Å²) in [7, 11) is 0. The summed E-state index contributed by atoms with van der Waals surface area (Å²) in [5.74, 6) is 4.47. The first kappa shape index (κ1) is 15.2. The van der Waals surface area contributed by atoms with Crippen molar-refractivity contribution in [3.05, 3.63) is 77.4 Å². The molecule has 0 aliphatic heterocycles. The number of hydrogen-bond acceptors (Lipinski definition) is 4. The Bertz CT molecular complexity index is 722. The summed E-state index contributed by atoms with van der Waals surface area (Å²) in [6, 6.07) is 16.1. The quantitative estimate of drug-likeness (QED) is 0.221. The minimum atomic E-state index is -0.353. The summed E-state index contributed by atoms with van der Waals surface area (Å²) >= 11 is 0. The third-order valence-electron chi connectivity index (χ3n) is 2.89. The van der Waals surface area contributed by atoms with E-state index in [1.807, 2.05) is 24.3 Å². The van der Waals surface area contributed by atoms with E-state index in [4.69, 9.17) is 5.84 Å². The maximum absolute atomic E-state index is 12.3. The molecule has 0 saturated heterocycles. The Labute approximate surface area is 128 Å². The number of hydrazone groups is 1. The van der Waals surface area contributed by atoms with Gasteiger partial charge in [-0.15, -0.1) is 0 Å². The zero-order valence-corrected chi connectivity index (χ0v) is 11.8. The highest BCUT2D eigenvalue weighted by Gasteiger charge is 2.08. The Morgan fingerprint density at radius 2 is 1.73 bits per heavy atom. The van der Waals surface area contributed by atoms with Crippen molar-refractivity contribution in [3.63, 3.8) is 0 Å². The average molecular weight is 293 g/mol. The van der Waals surface area contributed by atoms with Gasteiger partial charge in [0.15, 0.2) is 5.78 Å². The van der Waals surface area contributed by atoms with Gasteiger partial charge < -0.3 is 11.2 Å². The maximum Gasteiger partial charge on any atom is 0.249 e. The van der Waals surface area contributed by atoms with E-state index in [9.17, 15) is 9.59 Å². The predicted octanol–water partition coefficient (Wildman–Crippen LogP) is 1.95. The molecule has 0 aliphatic carbocycles. The fourth-order valence-electron chi connectivity index (χ4n) is 1.86. The minimum Gasteiger partial charge on any atom is -0.322 e. The molecule has 0 fully saturated rings. The van der Waals surface area contributed by atoms with E-state index < -0.39 is 0 Å². The zero-order chi connectivity index (χ0) is 15.8. The first-order chi connectivity index (χ1) is 10.7. The molecular weight excluding hydrogens is 278 g/mol. The highest BCUT2D eigenvalue weighted by molar-refractivity contribution is 6.09. The fourth-order valence-corrected chi connectivity index (χ4v) is 1.86. The van der Waals surface area contributed by atoms with Crippen LogP contribution < -0.4 is 11.2 Å². The molecular formula is C17H15N3O2. The third-order valence-corrected chi connectivity index (χ3v) is 2.89. The second kappa shape index (κ2) is 7.54. The van der Waals surface area contributed by atoms with Gasteiger partial charge in [-0.3, -0.25) is 9.59 Å². The third kappa shape index (κ3) is 4.14. The Hall–Kier alpha value is -3.21. The number of ketones is 1. The van der Waals surface area contributed by atoms with Gasteiger partial charge in [0.1, 0.15) is 6.34 Å². The van der Waals surface area contributed by atoms with Crippen LogP contribution in [0.5, 0.6) is 0 Å². The van der Waals surface area contributed by atoms with E-state index in [1.165, 1.54) is 6.08 Å². The minimum absolute atomic E-state index is 0.0597. The van der Waals surface area contributed by atoms with E-state index in [0.717, 1.165) is 11.9 Å². The van der Waals surface area contributed by atoms with Gasteiger partial charge in [-0.05, 0) is 17.7 Å². The van der Waals surface area contributed by atoms with Gasteiger partial charge in [-0.1, -0.05) is 48.5 Å². The van der Waals surface area contributed by atoms with Gasteiger partial charge in [0, 0.05) is 17.2 Å². The first-order valence-electron chi connectivity index (χ1n) is 6.61. The van der Waals surface area contributed by atoms with Crippen molar-refractivity contribution in [1.82, 2.24) is 5.32 Å². The van der Waals surface area contributed by atoms with Crippen LogP contribution in [0.25, 0.3) is 6.08 Å². The van der Waals surface area contributed by atoms with Gasteiger partial charge in [0.25, 0.3) is 0 Å². The van der Waals surface area contributed by atoms with Crippen LogP contribution in [-0.2, 0) is 4.79 Å². The number of benzene rings is 2. The number of rotatable bonds is 5. The summed E-state index contributed by atoms with van der Waals surface area (Å²) in [4.78, 5) is 23.7. The van der Waals surface area contributed by atoms with Gasteiger partial charge in [-0.25, -0.2) is 0 Å². The maximum atomic E-state index is 12.3. The second-order valence-corrected chi connectivity index (χ2v) is 4.44. The van der Waals surface area contributed by atoms with Crippen molar-refractivity contribution in [2.24, 2.45) is 10.9 Å². The summed E-state index contributed by atoms with van der Waals surface area (Å²) < 4.78 is 0. The molecule has 0 atom stereocenters. The molecule has 0 heterocycles. The Morgan fingerprint density at radius 3 is 2.45 bits per heavy atom. The van der Waals surface area contributed by atoms with E-state index in [1.54, 1.807) is 36.4 Å². The lowest BCUT2D eigenvalue weighted by atomic mass is 10.0. The number of nitrogens with two attached hydrogens (primary N) is 1. The highest BCUT2D eigenvalue weighted by Crippen LogP contribution is 2.12. The monoisotopic (exact) mass is 293 g/mol. The van der Waals surface area contributed by atoms with E-state index >= 15 is 0 Å². The number of nitrogens with zero attached hydrogens (tertiary/aromatic N) is 1. The van der Waals surface area contributed by atoms with Crippen molar-refractivity contribution in [2.45, 2.75) is 0 Å². The summed E-state index contributed by atoms with van der Waals surface area (Å²) in [5, 5.41) is 5.52. The molecule has 5 nitrogen and oxygen atoms in total. The summed E-state index contributed by atoms with van der Waals surface area (Å²) in [5.41, 5.74) is 1.94. The molecule has 0 aromatic heterocycles. The van der Waals surface area contributed by atoms with Crippen LogP contribution in [0.15, 0.2) is 65.8 Å². The van der Waals surface area contributed by atoms with E-state index in [2.05, 4.69) is 10.4 Å². The lowest BCUT2D eigenvalue weighted by Crippen LogP contribution is -2.19. The van der Waals surface area contributed by atoms with Crippen LogP contribution in [0.3, 0.4) is 0 Å². The largest absolute Gasteiger partial charge is 0.322 e. The van der Waals surface area contributed by atoms with Crippen molar-refractivity contribution >= 4 is 24.1 Å². The van der Waals surface area contributed by atoms with Crippen molar-refractivity contribution in [1.29, 1.82) is 0 Å². The molecule has 0 radical (unpaired) electrons. The molecule has 0 bridgehead atoms.